The largest absolute Gasteiger partial charge is 0.493 e. The fraction of sp³-hybridized carbons (Fsp3) is 0.350. The Morgan fingerprint density at radius 3 is 2.50 bits per heavy atom. The highest BCUT2D eigenvalue weighted by atomic mass is 35.5. The first kappa shape index (κ1) is 20.4. The van der Waals surface area contributed by atoms with E-state index >= 15 is 0 Å². The van der Waals surface area contributed by atoms with E-state index in [9.17, 15) is 4.79 Å². The number of rotatable bonds is 10. The van der Waals surface area contributed by atoms with Crippen molar-refractivity contribution in [1.29, 1.82) is 0 Å². The molecule has 26 heavy (non-hydrogen) atoms. The van der Waals surface area contributed by atoms with Crippen LogP contribution in [0.2, 0.25) is 10.0 Å². The van der Waals surface area contributed by atoms with Gasteiger partial charge in [-0.3, -0.25) is 4.79 Å². The molecule has 0 atom stereocenters. The first-order valence-electron chi connectivity index (χ1n) is 8.69. The van der Waals surface area contributed by atoms with E-state index in [4.69, 9.17) is 32.7 Å². The van der Waals surface area contributed by atoms with Gasteiger partial charge >= 0.3 is 0 Å². The van der Waals surface area contributed by atoms with Gasteiger partial charge in [-0.05, 0) is 36.8 Å². The highest BCUT2D eigenvalue weighted by Gasteiger charge is 2.08. The summed E-state index contributed by atoms with van der Waals surface area (Å²) in [7, 11) is 0. The highest BCUT2D eigenvalue weighted by molar-refractivity contribution is 6.36. The minimum atomic E-state index is -0.305. The molecule has 0 saturated heterocycles. The van der Waals surface area contributed by atoms with Crippen LogP contribution in [0.4, 0.5) is 5.69 Å². The number of hydrogen-bond donors (Lipinski definition) is 1. The SMILES string of the molecule is CCCCCCOc1cccc(OCC(=O)Nc2ccc(Cl)cc2Cl)c1. The Bertz CT molecular complexity index is 722. The fourth-order valence-electron chi connectivity index (χ4n) is 2.30. The number of unbranched alkanes of at least 4 members (excludes halogenated alkanes) is 3. The molecular formula is C20H23Cl2NO3. The maximum absolute atomic E-state index is 12.0. The third-order valence-electron chi connectivity index (χ3n) is 3.65. The van der Waals surface area contributed by atoms with E-state index in [1.165, 1.54) is 19.3 Å². The quantitative estimate of drug-likeness (QED) is 0.504. The third kappa shape index (κ3) is 7.14. The van der Waals surface area contributed by atoms with Crippen LogP contribution in [0.3, 0.4) is 0 Å². The summed E-state index contributed by atoms with van der Waals surface area (Å²) in [6, 6.07) is 12.2. The summed E-state index contributed by atoms with van der Waals surface area (Å²) in [6.45, 7) is 2.73. The Morgan fingerprint density at radius 2 is 1.77 bits per heavy atom. The van der Waals surface area contributed by atoms with Crippen LogP contribution in [-0.2, 0) is 4.79 Å². The van der Waals surface area contributed by atoms with Gasteiger partial charge in [-0.25, -0.2) is 0 Å². The third-order valence-corrected chi connectivity index (χ3v) is 4.20. The minimum Gasteiger partial charge on any atom is -0.493 e. The molecule has 0 aromatic heterocycles. The molecule has 0 fully saturated rings. The molecule has 2 aromatic carbocycles. The maximum Gasteiger partial charge on any atom is 0.262 e. The highest BCUT2D eigenvalue weighted by Crippen LogP contribution is 2.25. The summed E-state index contributed by atoms with van der Waals surface area (Å²) in [5.41, 5.74) is 0.494. The molecule has 0 bridgehead atoms. The Kier molecular flexibility index (Phi) is 8.59. The van der Waals surface area contributed by atoms with Crippen LogP contribution in [0.15, 0.2) is 42.5 Å². The summed E-state index contributed by atoms with van der Waals surface area (Å²) < 4.78 is 11.2. The van der Waals surface area contributed by atoms with E-state index < -0.39 is 0 Å². The van der Waals surface area contributed by atoms with Gasteiger partial charge in [0.05, 0.1) is 17.3 Å². The molecule has 0 aliphatic rings. The number of halogens is 2. The van der Waals surface area contributed by atoms with Gasteiger partial charge in [0.1, 0.15) is 11.5 Å². The Morgan fingerprint density at radius 1 is 1.00 bits per heavy atom. The van der Waals surface area contributed by atoms with Crippen molar-refractivity contribution in [1.82, 2.24) is 0 Å². The van der Waals surface area contributed by atoms with Gasteiger partial charge in [-0.1, -0.05) is 55.5 Å². The van der Waals surface area contributed by atoms with Crippen molar-refractivity contribution < 1.29 is 14.3 Å². The van der Waals surface area contributed by atoms with Crippen molar-refractivity contribution in [3.63, 3.8) is 0 Å². The van der Waals surface area contributed by atoms with E-state index in [-0.39, 0.29) is 12.5 Å². The molecule has 0 heterocycles. The van der Waals surface area contributed by atoms with E-state index in [2.05, 4.69) is 12.2 Å². The van der Waals surface area contributed by atoms with Crippen LogP contribution >= 0.6 is 23.2 Å². The van der Waals surface area contributed by atoms with Crippen molar-refractivity contribution in [3.8, 4) is 11.5 Å². The van der Waals surface area contributed by atoms with Crippen molar-refractivity contribution in [2.45, 2.75) is 32.6 Å². The zero-order valence-electron chi connectivity index (χ0n) is 14.8. The van der Waals surface area contributed by atoms with Crippen molar-refractivity contribution in [3.05, 3.63) is 52.5 Å². The summed E-state index contributed by atoms with van der Waals surface area (Å²) in [6.07, 6.45) is 4.62. The molecule has 0 saturated carbocycles. The van der Waals surface area contributed by atoms with Gasteiger partial charge in [0.25, 0.3) is 5.91 Å². The second-order valence-electron chi connectivity index (χ2n) is 5.85. The van der Waals surface area contributed by atoms with Crippen molar-refractivity contribution >= 4 is 34.8 Å². The molecule has 140 valence electrons. The van der Waals surface area contributed by atoms with Gasteiger partial charge in [0.15, 0.2) is 6.61 Å². The van der Waals surface area contributed by atoms with Crippen molar-refractivity contribution in [2.75, 3.05) is 18.5 Å². The number of anilines is 1. The second-order valence-corrected chi connectivity index (χ2v) is 6.69. The normalized spacial score (nSPS) is 10.4. The average molecular weight is 396 g/mol. The van der Waals surface area contributed by atoms with Crippen LogP contribution in [0.5, 0.6) is 11.5 Å². The summed E-state index contributed by atoms with van der Waals surface area (Å²) in [5.74, 6) is 1.01. The van der Waals surface area contributed by atoms with Gasteiger partial charge in [0, 0.05) is 11.1 Å². The van der Waals surface area contributed by atoms with E-state index in [0.29, 0.717) is 28.1 Å². The predicted molar refractivity (Wildman–Crippen MR) is 107 cm³/mol. The number of carbonyl (C=O) groups excluding carboxylic acids is 1. The minimum absolute atomic E-state index is 0.126. The number of benzene rings is 2. The summed E-state index contributed by atoms with van der Waals surface area (Å²) >= 11 is 11.9. The fourth-order valence-corrected chi connectivity index (χ4v) is 2.75. The lowest BCUT2D eigenvalue weighted by Crippen LogP contribution is -2.20. The molecule has 0 spiro atoms. The van der Waals surface area contributed by atoms with Crippen LogP contribution in [0, 0.1) is 0 Å². The van der Waals surface area contributed by atoms with Crippen LogP contribution in [0.1, 0.15) is 32.6 Å². The molecule has 0 unspecified atom stereocenters. The average Bonchev–Trinajstić information content (AvgIpc) is 2.63. The van der Waals surface area contributed by atoms with Crippen LogP contribution in [-0.4, -0.2) is 19.1 Å². The molecule has 0 radical (unpaired) electrons. The lowest BCUT2D eigenvalue weighted by atomic mass is 10.2. The monoisotopic (exact) mass is 395 g/mol. The maximum atomic E-state index is 12.0. The Hall–Kier alpha value is -1.91. The number of carbonyl (C=O) groups is 1. The van der Waals surface area contributed by atoms with E-state index in [1.54, 1.807) is 30.3 Å². The molecule has 2 aromatic rings. The zero-order chi connectivity index (χ0) is 18.8. The van der Waals surface area contributed by atoms with E-state index in [1.807, 2.05) is 12.1 Å². The molecule has 2 rings (SSSR count). The first-order chi connectivity index (χ1) is 12.6. The van der Waals surface area contributed by atoms with Gasteiger partial charge < -0.3 is 14.8 Å². The summed E-state index contributed by atoms with van der Waals surface area (Å²) in [4.78, 5) is 12.0. The summed E-state index contributed by atoms with van der Waals surface area (Å²) in [5, 5.41) is 3.58. The lowest BCUT2D eigenvalue weighted by Gasteiger charge is -2.10. The molecule has 1 amide bonds. The van der Waals surface area contributed by atoms with Crippen molar-refractivity contribution in [2.24, 2.45) is 0 Å². The van der Waals surface area contributed by atoms with Gasteiger partial charge in [-0.2, -0.15) is 0 Å². The number of nitrogens with one attached hydrogen (secondary N) is 1. The van der Waals surface area contributed by atoms with E-state index in [0.717, 1.165) is 12.2 Å². The van der Waals surface area contributed by atoms with Crippen LogP contribution in [0.25, 0.3) is 0 Å². The molecule has 0 aliphatic carbocycles. The smallest absolute Gasteiger partial charge is 0.262 e. The molecule has 4 nitrogen and oxygen atoms in total. The zero-order valence-corrected chi connectivity index (χ0v) is 16.3. The number of ether oxygens (including phenoxy) is 2. The second kappa shape index (κ2) is 10.9. The van der Waals surface area contributed by atoms with Gasteiger partial charge in [0.2, 0.25) is 0 Å². The standard InChI is InChI=1S/C20H23Cl2NO3/c1-2-3-4-5-11-25-16-7-6-8-17(13-16)26-14-20(24)23-19-10-9-15(21)12-18(19)22/h6-10,12-13H,2-5,11,14H2,1H3,(H,23,24). The Balaban J connectivity index is 1.79. The number of amides is 1. The topological polar surface area (TPSA) is 47.6 Å². The molecular weight excluding hydrogens is 373 g/mol. The molecule has 6 heteroatoms. The molecule has 1 N–H and O–H groups in total. The van der Waals surface area contributed by atoms with Crippen LogP contribution < -0.4 is 14.8 Å². The Labute approximate surface area is 164 Å². The first-order valence-corrected chi connectivity index (χ1v) is 9.44. The number of hydrogen-bond acceptors (Lipinski definition) is 3. The van der Waals surface area contributed by atoms with Gasteiger partial charge in [-0.15, -0.1) is 0 Å². The lowest BCUT2D eigenvalue weighted by molar-refractivity contribution is -0.118. The predicted octanol–water partition coefficient (Wildman–Crippen LogP) is 5.97. The molecule has 0 aliphatic heterocycles.